The van der Waals surface area contributed by atoms with Gasteiger partial charge in [0.1, 0.15) is 5.15 Å². The highest BCUT2D eigenvalue weighted by atomic mass is 35.5. The third-order valence-electron chi connectivity index (χ3n) is 6.84. The number of para-hydroxylation sites is 1. The number of halogens is 1. The summed E-state index contributed by atoms with van der Waals surface area (Å²) in [5, 5.41) is 9.96. The molecule has 35 heavy (non-hydrogen) atoms. The fraction of sp³-hybridized carbons (Fsp3) is 0.370. The van der Waals surface area contributed by atoms with E-state index in [0.29, 0.717) is 23.3 Å². The summed E-state index contributed by atoms with van der Waals surface area (Å²) < 4.78 is 9.56. The van der Waals surface area contributed by atoms with Crippen LogP contribution in [-0.4, -0.2) is 55.2 Å². The quantitative estimate of drug-likeness (QED) is 0.356. The average molecular weight is 489 g/mol. The topological polar surface area (TPSA) is 61.0 Å². The Bertz CT molecular complexity index is 1270. The normalized spacial score (nSPS) is 18.5. The molecule has 2 saturated heterocycles. The molecule has 2 aromatic heterocycles. The van der Waals surface area contributed by atoms with Crippen LogP contribution in [0.3, 0.4) is 0 Å². The van der Waals surface area contributed by atoms with Gasteiger partial charge >= 0.3 is 0 Å². The molecule has 6 rings (SSSR count). The van der Waals surface area contributed by atoms with E-state index in [0.717, 1.165) is 42.8 Å². The van der Waals surface area contributed by atoms with Crippen LogP contribution in [0.1, 0.15) is 31.2 Å². The number of hydrogen-bond donors (Lipinski definition) is 0. The maximum absolute atomic E-state index is 6.82. The van der Waals surface area contributed by atoms with Gasteiger partial charge in [0.25, 0.3) is 0 Å². The number of benzene rings is 2. The van der Waals surface area contributed by atoms with E-state index < -0.39 is 0 Å². The van der Waals surface area contributed by atoms with Gasteiger partial charge in [-0.25, -0.2) is 14.3 Å². The molecule has 0 aliphatic carbocycles. The van der Waals surface area contributed by atoms with Crippen molar-refractivity contribution in [2.45, 2.75) is 44.9 Å². The predicted octanol–water partition coefficient (Wildman–Crippen LogP) is 5.23. The van der Waals surface area contributed by atoms with E-state index in [1.54, 1.807) is 10.9 Å². The molecule has 180 valence electrons. The summed E-state index contributed by atoms with van der Waals surface area (Å²) in [6, 6.07) is 18.5. The third-order valence-corrected chi connectivity index (χ3v) is 7.21. The van der Waals surface area contributed by atoms with E-state index in [4.69, 9.17) is 26.4 Å². The van der Waals surface area contributed by atoms with Crippen LogP contribution in [-0.2, 0) is 17.8 Å². The van der Waals surface area contributed by atoms with Crippen molar-refractivity contribution in [2.24, 2.45) is 0 Å². The minimum absolute atomic E-state index is 0.133. The second kappa shape index (κ2) is 9.93. The van der Waals surface area contributed by atoms with Crippen molar-refractivity contribution in [3.63, 3.8) is 0 Å². The van der Waals surface area contributed by atoms with Crippen LogP contribution in [0.25, 0.3) is 28.5 Å². The van der Waals surface area contributed by atoms with E-state index in [2.05, 4.69) is 34.3 Å². The maximum atomic E-state index is 6.82. The Balaban J connectivity index is 1.32. The average Bonchev–Trinajstić information content (AvgIpc) is 3.69. The van der Waals surface area contributed by atoms with Crippen molar-refractivity contribution in [1.82, 2.24) is 29.4 Å². The largest absolute Gasteiger partial charge is 0.376 e. The highest BCUT2D eigenvalue weighted by Crippen LogP contribution is 2.31. The van der Waals surface area contributed by atoms with Gasteiger partial charge in [-0.15, -0.1) is 0 Å². The van der Waals surface area contributed by atoms with Crippen LogP contribution in [0.4, 0.5) is 0 Å². The van der Waals surface area contributed by atoms with Gasteiger partial charge in [-0.3, -0.25) is 4.90 Å². The molecular formula is C27H29ClN6O. The lowest BCUT2D eigenvalue weighted by Crippen LogP contribution is -2.18. The lowest BCUT2D eigenvalue weighted by molar-refractivity contribution is 0.0944. The first-order valence-corrected chi connectivity index (χ1v) is 12.8. The first-order valence-electron chi connectivity index (χ1n) is 12.4. The Morgan fingerprint density at radius 2 is 1.77 bits per heavy atom. The Morgan fingerprint density at radius 3 is 2.51 bits per heavy atom. The van der Waals surface area contributed by atoms with E-state index in [1.807, 2.05) is 35.0 Å². The molecule has 2 aromatic carbocycles. The predicted molar refractivity (Wildman–Crippen MR) is 137 cm³/mol. The second-order valence-corrected chi connectivity index (χ2v) is 9.71. The van der Waals surface area contributed by atoms with Crippen LogP contribution < -0.4 is 0 Å². The van der Waals surface area contributed by atoms with Gasteiger partial charge in [0, 0.05) is 18.7 Å². The summed E-state index contributed by atoms with van der Waals surface area (Å²) in [6.45, 7) is 4.82. The summed E-state index contributed by atoms with van der Waals surface area (Å²) in [7, 11) is 0. The summed E-state index contributed by atoms with van der Waals surface area (Å²) in [5.74, 6) is 1.40. The van der Waals surface area contributed by atoms with Crippen LogP contribution in [0.2, 0.25) is 5.15 Å². The van der Waals surface area contributed by atoms with Crippen molar-refractivity contribution in [3.8, 4) is 28.5 Å². The molecule has 0 spiro atoms. The summed E-state index contributed by atoms with van der Waals surface area (Å²) >= 11 is 6.82. The van der Waals surface area contributed by atoms with Crippen LogP contribution in [0, 0.1) is 0 Å². The van der Waals surface area contributed by atoms with Crippen LogP contribution >= 0.6 is 11.6 Å². The van der Waals surface area contributed by atoms with Gasteiger partial charge in [0.05, 0.1) is 30.1 Å². The SMILES string of the molecule is Clc1c(-c2nc(-c3ccc(CN4CCCC4)cc3)nn2CC2CCCO2)cnn1-c1ccccc1. The fourth-order valence-corrected chi connectivity index (χ4v) is 5.24. The molecule has 1 unspecified atom stereocenters. The Morgan fingerprint density at radius 1 is 0.971 bits per heavy atom. The van der Waals surface area contributed by atoms with Crippen LogP contribution in [0.5, 0.6) is 0 Å². The standard InChI is InChI=1S/C27H29ClN6O/c28-25-24(17-29-34(25)22-7-2-1-3-8-22)27-30-26(31-33(27)19-23-9-6-16-35-23)21-12-10-20(11-13-21)18-32-14-4-5-15-32/h1-3,7-8,10-13,17,23H,4-6,9,14-16,18-19H2. The second-order valence-electron chi connectivity index (χ2n) is 9.35. The molecule has 0 radical (unpaired) electrons. The number of hydrogen-bond acceptors (Lipinski definition) is 5. The third kappa shape index (κ3) is 4.76. The first kappa shape index (κ1) is 22.5. The van der Waals surface area contributed by atoms with Crippen molar-refractivity contribution < 1.29 is 4.74 Å². The fourth-order valence-electron chi connectivity index (χ4n) is 4.96. The zero-order chi connectivity index (χ0) is 23.6. The van der Waals surface area contributed by atoms with Crippen molar-refractivity contribution in [1.29, 1.82) is 0 Å². The molecule has 8 heteroatoms. The Hall–Kier alpha value is -3.00. The zero-order valence-corrected chi connectivity index (χ0v) is 20.4. The molecule has 2 fully saturated rings. The van der Waals surface area contributed by atoms with Crippen LogP contribution in [0.15, 0.2) is 60.8 Å². The summed E-state index contributed by atoms with van der Waals surface area (Å²) in [4.78, 5) is 7.45. The molecule has 2 aliphatic heterocycles. The number of ether oxygens (including phenoxy) is 1. The van der Waals surface area contributed by atoms with E-state index in [9.17, 15) is 0 Å². The Labute approximate surface area is 210 Å². The molecule has 4 aromatic rings. The number of likely N-dealkylation sites (tertiary alicyclic amines) is 1. The molecule has 2 aliphatic rings. The molecule has 0 N–H and O–H groups in total. The van der Waals surface area contributed by atoms with E-state index in [-0.39, 0.29) is 6.10 Å². The van der Waals surface area contributed by atoms with Gasteiger partial charge < -0.3 is 4.74 Å². The van der Waals surface area contributed by atoms with Gasteiger partial charge in [-0.1, -0.05) is 54.1 Å². The van der Waals surface area contributed by atoms with E-state index in [1.165, 1.54) is 31.5 Å². The smallest absolute Gasteiger partial charge is 0.181 e. The molecule has 4 heterocycles. The van der Waals surface area contributed by atoms with Gasteiger partial charge in [-0.2, -0.15) is 10.2 Å². The first-order chi connectivity index (χ1) is 17.2. The monoisotopic (exact) mass is 488 g/mol. The lowest BCUT2D eigenvalue weighted by atomic mass is 10.1. The van der Waals surface area contributed by atoms with Gasteiger partial charge in [0.15, 0.2) is 11.6 Å². The highest BCUT2D eigenvalue weighted by Gasteiger charge is 2.24. The molecule has 0 amide bonds. The minimum atomic E-state index is 0.133. The van der Waals surface area contributed by atoms with E-state index >= 15 is 0 Å². The maximum Gasteiger partial charge on any atom is 0.181 e. The summed E-state index contributed by atoms with van der Waals surface area (Å²) in [5.41, 5.74) is 3.98. The van der Waals surface area contributed by atoms with Gasteiger partial charge in [-0.05, 0) is 56.5 Å². The van der Waals surface area contributed by atoms with Crippen molar-refractivity contribution in [2.75, 3.05) is 19.7 Å². The van der Waals surface area contributed by atoms with Gasteiger partial charge in [0.2, 0.25) is 0 Å². The van der Waals surface area contributed by atoms with Crippen molar-refractivity contribution >= 4 is 11.6 Å². The molecule has 0 bridgehead atoms. The highest BCUT2D eigenvalue weighted by molar-refractivity contribution is 6.32. The van der Waals surface area contributed by atoms with Crippen molar-refractivity contribution in [3.05, 3.63) is 71.5 Å². The number of rotatable bonds is 7. The number of nitrogens with zero attached hydrogens (tertiary/aromatic N) is 6. The lowest BCUT2D eigenvalue weighted by Gasteiger charge is -2.14. The number of aromatic nitrogens is 5. The summed E-state index contributed by atoms with van der Waals surface area (Å²) in [6.07, 6.45) is 6.61. The molecule has 0 saturated carbocycles. The molecule has 7 nitrogen and oxygen atoms in total. The minimum Gasteiger partial charge on any atom is -0.376 e. The molecule has 1 atom stereocenters. The zero-order valence-electron chi connectivity index (χ0n) is 19.7. The molecular weight excluding hydrogens is 460 g/mol. The Kier molecular flexibility index (Phi) is 6.37.